The summed E-state index contributed by atoms with van der Waals surface area (Å²) in [6.45, 7) is 0. The van der Waals surface area contributed by atoms with Gasteiger partial charge in [-0.05, 0) is 0 Å². The van der Waals surface area contributed by atoms with Crippen LogP contribution >= 0.6 is 0 Å². The number of aromatic nitrogens is 3. The van der Waals surface area contributed by atoms with Crippen LogP contribution in [0.4, 0.5) is 0 Å². The molecule has 0 atom stereocenters. The third-order valence-electron chi connectivity index (χ3n) is 1.55. The van der Waals surface area contributed by atoms with Gasteiger partial charge in [-0.1, -0.05) is 0 Å². The minimum absolute atomic E-state index is 0. The normalized spacial score (nSPS) is 9.31. The van der Waals surface area contributed by atoms with Crippen LogP contribution in [0.25, 0.3) is 11.4 Å². The quantitative estimate of drug-likeness (QED) is 0.726. The van der Waals surface area contributed by atoms with E-state index in [1.165, 1.54) is 0 Å². The van der Waals surface area contributed by atoms with E-state index in [1.807, 2.05) is 31.3 Å². The minimum Gasteiger partial charge on any atom is -0.265 e. The average molecular weight is 350 g/mol. The summed E-state index contributed by atoms with van der Waals surface area (Å²) in [5, 5.41) is 4.16. The van der Waals surface area contributed by atoms with Gasteiger partial charge in [0.2, 0.25) is 0 Å². The molecular weight excluding hydrogens is 342 g/mol. The molecule has 1 aromatic carbocycles. The van der Waals surface area contributed by atoms with E-state index in [4.69, 9.17) is 0 Å². The van der Waals surface area contributed by atoms with Gasteiger partial charge in [0.05, 0.1) is 5.82 Å². The Hall–Kier alpha value is -0.991. The first-order valence-corrected chi connectivity index (χ1v) is 3.69. The summed E-state index contributed by atoms with van der Waals surface area (Å²) in [5.41, 5.74) is 0.929. The first kappa shape index (κ1) is 10.1. The first-order valence-electron chi connectivity index (χ1n) is 3.69. The Morgan fingerprint density at radius 2 is 2.23 bits per heavy atom. The Morgan fingerprint density at radius 3 is 2.77 bits per heavy atom. The summed E-state index contributed by atoms with van der Waals surface area (Å²) < 4.78 is 1.68. The summed E-state index contributed by atoms with van der Waals surface area (Å²) in [6.07, 6.45) is 1.68. The maximum atomic E-state index is 4.16. The third kappa shape index (κ3) is 2.23. The van der Waals surface area contributed by atoms with Crippen molar-refractivity contribution in [2.24, 2.45) is 7.05 Å². The molecule has 69 valence electrons. The van der Waals surface area contributed by atoms with Crippen molar-refractivity contribution in [1.29, 1.82) is 0 Å². The Bertz CT molecular complexity index is 369. The fourth-order valence-corrected chi connectivity index (χ4v) is 0.995. The van der Waals surface area contributed by atoms with Gasteiger partial charge in [0.25, 0.3) is 0 Å². The van der Waals surface area contributed by atoms with Crippen molar-refractivity contribution in [2.75, 3.05) is 0 Å². The van der Waals surface area contributed by atoms with Crippen molar-refractivity contribution in [3.05, 3.63) is 36.7 Å². The maximum absolute atomic E-state index is 4.16. The Morgan fingerprint density at radius 1 is 1.38 bits per heavy atom. The van der Waals surface area contributed by atoms with E-state index in [9.17, 15) is 0 Å². The zero-order valence-electron chi connectivity index (χ0n) is 7.06. The smallest absolute Gasteiger partial charge is 0.102 e. The van der Waals surface area contributed by atoms with E-state index in [0.29, 0.717) is 0 Å². The molecule has 4 heteroatoms. The molecule has 3 nitrogen and oxygen atoms in total. The van der Waals surface area contributed by atoms with Crippen LogP contribution in [0.2, 0.25) is 0 Å². The maximum Gasteiger partial charge on any atom is 0.102 e. The summed E-state index contributed by atoms with van der Waals surface area (Å²) in [4.78, 5) is 4.11. The topological polar surface area (TPSA) is 30.7 Å². The van der Waals surface area contributed by atoms with E-state index < -0.39 is 0 Å². The number of hydrogen-bond donors (Lipinski definition) is 0. The van der Waals surface area contributed by atoms with E-state index in [2.05, 4.69) is 16.1 Å². The van der Waals surface area contributed by atoms with E-state index in [-0.39, 0.29) is 20.1 Å². The van der Waals surface area contributed by atoms with Crippen LogP contribution in [-0.4, -0.2) is 14.8 Å². The standard InChI is InChI=1S/C9H8N3.Ir/c1-12-7-10-9(11-12)8-5-3-2-4-6-8;/h2-5,7H,1H3;/q-1;. The fourth-order valence-electron chi connectivity index (χ4n) is 0.995. The third-order valence-corrected chi connectivity index (χ3v) is 1.55. The number of benzene rings is 1. The molecule has 1 radical (unpaired) electrons. The molecule has 0 bridgehead atoms. The zero-order valence-corrected chi connectivity index (χ0v) is 9.46. The zero-order chi connectivity index (χ0) is 8.39. The van der Waals surface area contributed by atoms with Crippen molar-refractivity contribution >= 4 is 0 Å². The Kier molecular flexibility index (Phi) is 3.34. The number of rotatable bonds is 1. The second-order valence-electron chi connectivity index (χ2n) is 2.52. The van der Waals surface area contributed by atoms with E-state index in [1.54, 1.807) is 11.0 Å². The van der Waals surface area contributed by atoms with Gasteiger partial charge < -0.3 is 0 Å². The van der Waals surface area contributed by atoms with Gasteiger partial charge in [0.15, 0.2) is 0 Å². The molecule has 1 heterocycles. The molecule has 13 heavy (non-hydrogen) atoms. The van der Waals surface area contributed by atoms with Crippen LogP contribution in [0.1, 0.15) is 0 Å². The van der Waals surface area contributed by atoms with Crippen LogP contribution in [0.3, 0.4) is 0 Å². The molecule has 0 saturated heterocycles. The second-order valence-corrected chi connectivity index (χ2v) is 2.52. The molecule has 2 aromatic rings. The predicted molar refractivity (Wildman–Crippen MR) is 45.3 cm³/mol. The molecule has 0 unspecified atom stereocenters. The Balaban J connectivity index is 0.000000845. The SMILES string of the molecule is Cn1cnc(-c2[c-]cccc2)n1.[Ir]. The van der Waals surface area contributed by atoms with Crippen molar-refractivity contribution in [1.82, 2.24) is 14.8 Å². The molecule has 0 saturated carbocycles. The average Bonchev–Trinajstić information content (AvgIpc) is 2.54. The van der Waals surface area contributed by atoms with E-state index in [0.717, 1.165) is 11.4 Å². The van der Waals surface area contributed by atoms with Crippen LogP contribution < -0.4 is 0 Å². The first-order chi connectivity index (χ1) is 5.86. The monoisotopic (exact) mass is 351 g/mol. The number of aryl methyl sites for hydroxylation is 1. The number of nitrogens with zero attached hydrogens (tertiary/aromatic N) is 3. The van der Waals surface area contributed by atoms with Gasteiger partial charge in [0.1, 0.15) is 6.33 Å². The fraction of sp³-hybridized carbons (Fsp3) is 0.111. The van der Waals surface area contributed by atoms with Crippen LogP contribution in [0.5, 0.6) is 0 Å². The van der Waals surface area contributed by atoms with Crippen LogP contribution in [0.15, 0.2) is 30.6 Å². The molecule has 0 aliphatic rings. The molecule has 0 aliphatic heterocycles. The van der Waals surface area contributed by atoms with Crippen LogP contribution in [-0.2, 0) is 27.2 Å². The summed E-state index contributed by atoms with van der Waals surface area (Å²) in [5.74, 6) is 0.720. The second kappa shape index (κ2) is 4.30. The predicted octanol–water partition coefficient (Wildman–Crippen LogP) is 1.28. The molecular formula is C9H8IrN3-. The van der Waals surface area contributed by atoms with Gasteiger partial charge in [-0.15, -0.1) is 35.9 Å². The van der Waals surface area contributed by atoms with Crippen molar-refractivity contribution in [2.45, 2.75) is 0 Å². The molecule has 2 rings (SSSR count). The molecule has 0 fully saturated rings. The Labute approximate surface area is 90.2 Å². The van der Waals surface area contributed by atoms with E-state index >= 15 is 0 Å². The van der Waals surface area contributed by atoms with Gasteiger partial charge in [0, 0.05) is 27.2 Å². The minimum atomic E-state index is 0. The molecule has 0 amide bonds. The van der Waals surface area contributed by atoms with Gasteiger partial charge >= 0.3 is 0 Å². The molecule has 0 aliphatic carbocycles. The van der Waals surface area contributed by atoms with Crippen molar-refractivity contribution < 1.29 is 20.1 Å². The summed E-state index contributed by atoms with van der Waals surface area (Å²) in [6, 6.07) is 10.7. The molecule has 1 aromatic heterocycles. The summed E-state index contributed by atoms with van der Waals surface area (Å²) >= 11 is 0. The largest absolute Gasteiger partial charge is 0.265 e. The van der Waals surface area contributed by atoms with Gasteiger partial charge in [-0.25, -0.2) is 5.10 Å². The van der Waals surface area contributed by atoms with Gasteiger partial charge in [-0.2, -0.15) is 0 Å². The number of hydrogen-bond acceptors (Lipinski definition) is 2. The van der Waals surface area contributed by atoms with Crippen molar-refractivity contribution in [3.8, 4) is 11.4 Å². The van der Waals surface area contributed by atoms with Crippen molar-refractivity contribution in [3.63, 3.8) is 0 Å². The van der Waals surface area contributed by atoms with Gasteiger partial charge in [-0.3, -0.25) is 9.67 Å². The summed E-state index contributed by atoms with van der Waals surface area (Å²) in [7, 11) is 1.85. The van der Waals surface area contributed by atoms with Crippen LogP contribution in [0, 0.1) is 6.07 Å². The molecule has 0 N–H and O–H groups in total. The molecule has 0 spiro atoms.